The fourth-order valence-corrected chi connectivity index (χ4v) is 1.73. The lowest BCUT2D eigenvalue weighted by Gasteiger charge is -2.03. The van der Waals surface area contributed by atoms with E-state index in [4.69, 9.17) is 5.26 Å². The molecule has 0 unspecified atom stereocenters. The first-order chi connectivity index (χ1) is 9.52. The topological polar surface area (TPSA) is 110 Å². The molecule has 20 heavy (non-hydrogen) atoms. The van der Waals surface area contributed by atoms with E-state index in [0.29, 0.717) is 5.56 Å². The van der Waals surface area contributed by atoms with Crippen LogP contribution in [-0.2, 0) is 0 Å². The van der Waals surface area contributed by atoms with E-state index >= 15 is 0 Å². The summed E-state index contributed by atoms with van der Waals surface area (Å²) in [6.45, 7) is 0. The highest BCUT2D eigenvalue weighted by Crippen LogP contribution is 2.33. The highest BCUT2D eigenvalue weighted by Gasteiger charge is 2.20. The number of nitrogens with zero attached hydrogens (tertiary/aromatic N) is 3. The third-order valence-electron chi connectivity index (χ3n) is 2.62. The second kappa shape index (κ2) is 5.16. The Balaban J connectivity index is 2.64. The van der Waals surface area contributed by atoms with Crippen LogP contribution in [0.5, 0.6) is 0 Å². The van der Waals surface area contributed by atoms with E-state index in [0.717, 1.165) is 6.07 Å². The Morgan fingerprint density at radius 1 is 1.10 bits per heavy atom. The molecule has 2 aromatic rings. The van der Waals surface area contributed by atoms with Gasteiger partial charge in [0.1, 0.15) is 0 Å². The van der Waals surface area contributed by atoms with E-state index in [1.165, 1.54) is 24.3 Å². The van der Waals surface area contributed by atoms with Crippen molar-refractivity contribution in [3.05, 3.63) is 68.3 Å². The van der Waals surface area contributed by atoms with Crippen LogP contribution in [0.3, 0.4) is 0 Å². The van der Waals surface area contributed by atoms with Crippen LogP contribution >= 0.6 is 0 Å². The van der Waals surface area contributed by atoms with Crippen LogP contribution in [0.25, 0.3) is 11.1 Å². The average molecular weight is 268 g/mol. The van der Waals surface area contributed by atoms with Crippen molar-refractivity contribution in [2.24, 2.45) is 0 Å². The smallest absolute Gasteiger partial charge is 0.258 e. The van der Waals surface area contributed by atoms with Crippen LogP contribution < -0.4 is 0 Å². The highest BCUT2D eigenvalue weighted by molar-refractivity contribution is 5.76. The molecular weight excluding hydrogens is 262 g/mol. The van der Waals surface area contributed by atoms with Crippen molar-refractivity contribution in [1.29, 1.82) is 5.26 Å². The molecule has 0 saturated carbocycles. The Labute approximate surface area is 113 Å². The molecule has 0 bridgehead atoms. The Morgan fingerprint density at radius 3 is 2.45 bits per heavy atom. The molecule has 0 saturated heterocycles. The molecular formula is C13H6N3O4. The van der Waals surface area contributed by atoms with Gasteiger partial charge < -0.3 is 0 Å². The summed E-state index contributed by atoms with van der Waals surface area (Å²) in [6.07, 6.45) is 0. The normalized spacial score (nSPS) is 9.75. The number of nitriles is 1. The van der Waals surface area contributed by atoms with Crippen LogP contribution in [0.4, 0.5) is 11.4 Å². The van der Waals surface area contributed by atoms with Crippen LogP contribution in [0, 0.1) is 37.6 Å². The SMILES string of the molecule is N#Cc1[c]ccc(-c2ccc([N+](=O)[O-])cc2[N+](=O)[O-])c1. The van der Waals surface area contributed by atoms with E-state index in [9.17, 15) is 20.2 Å². The first-order valence-corrected chi connectivity index (χ1v) is 5.38. The van der Waals surface area contributed by atoms with E-state index in [-0.39, 0.29) is 22.5 Å². The lowest BCUT2D eigenvalue weighted by molar-refractivity contribution is -0.393. The maximum Gasteiger partial charge on any atom is 0.284 e. The van der Waals surface area contributed by atoms with Crippen LogP contribution in [0.1, 0.15) is 5.56 Å². The third-order valence-corrected chi connectivity index (χ3v) is 2.62. The third kappa shape index (κ3) is 2.44. The summed E-state index contributed by atoms with van der Waals surface area (Å²) < 4.78 is 0. The van der Waals surface area contributed by atoms with Crippen LogP contribution in [0.15, 0.2) is 36.4 Å². The minimum absolute atomic E-state index is 0.214. The second-order valence-corrected chi connectivity index (χ2v) is 3.82. The molecule has 0 fully saturated rings. The molecule has 0 N–H and O–H groups in total. The first kappa shape index (κ1) is 13.2. The molecule has 2 rings (SSSR count). The van der Waals surface area contributed by atoms with E-state index < -0.39 is 9.85 Å². The Kier molecular flexibility index (Phi) is 3.39. The number of hydrogen-bond acceptors (Lipinski definition) is 5. The van der Waals surface area contributed by atoms with E-state index in [2.05, 4.69) is 6.07 Å². The summed E-state index contributed by atoms with van der Waals surface area (Å²) in [5.74, 6) is 0. The minimum atomic E-state index is -0.698. The van der Waals surface area contributed by atoms with E-state index in [1.807, 2.05) is 6.07 Å². The molecule has 0 aliphatic heterocycles. The van der Waals surface area contributed by atoms with Gasteiger partial charge in [0, 0.05) is 12.1 Å². The fraction of sp³-hybridized carbons (Fsp3) is 0. The molecule has 1 radical (unpaired) electrons. The second-order valence-electron chi connectivity index (χ2n) is 3.82. The van der Waals surface area contributed by atoms with Gasteiger partial charge in [-0.1, -0.05) is 12.1 Å². The van der Waals surface area contributed by atoms with Gasteiger partial charge in [-0.25, -0.2) is 0 Å². The molecule has 0 aromatic heterocycles. The number of hydrogen-bond donors (Lipinski definition) is 0. The van der Waals surface area contributed by atoms with Crippen molar-refractivity contribution in [1.82, 2.24) is 0 Å². The Bertz CT molecular complexity index is 750. The number of nitro benzene ring substituents is 2. The minimum Gasteiger partial charge on any atom is -0.258 e. The van der Waals surface area contributed by atoms with Crippen molar-refractivity contribution < 1.29 is 9.85 Å². The summed E-state index contributed by atoms with van der Waals surface area (Å²) in [7, 11) is 0. The summed E-state index contributed by atoms with van der Waals surface area (Å²) in [5.41, 5.74) is 0.140. The van der Waals surface area contributed by atoms with Gasteiger partial charge in [0.15, 0.2) is 0 Å². The van der Waals surface area contributed by atoms with Crippen LogP contribution in [-0.4, -0.2) is 9.85 Å². The van der Waals surface area contributed by atoms with Gasteiger partial charge in [-0.2, -0.15) is 5.26 Å². The predicted molar refractivity (Wildman–Crippen MR) is 68.7 cm³/mol. The van der Waals surface area contributed by atoms with Crippen molar-refractivity contribution in [2.75, 3.05) is 0 Å². The molecule has 0 heterocycles. The molecule has 0 aliphatic rings. The van der Waals surface area contributed by atoms with Crippen LogP contribution in [0.2, 0.25) is 0 Å². The standard InChI is InChI=1S/C13H6N3O4/c14-8-9-2-1-3-10(6-9)12-5-4-11(15(17)18)7-13(12)16(19)20/h1,3-7H. The molecule has 0 aliphatic carbocycles. The summed E-state index contributed by atoms with van der Waals surface area (Å²) in [5, 5.41) is 30.5. The van der Waals surface area contributed by atoms with Gasteiger partial charge in [0.2, 0.25) is 0 Å². The number of nitro groups is 2. The summed E-state index contributed by atoms with van der Waals surface area (Å²) in [6, 6.07) is 12.4. The number of benzene rings is 2. The van der Waals surface area contributed by atoms with Gasteiger partial charge in [0.25, 0.3) is 11.4 Å². The zero-order valence-electron chi connectivity index (χ0n) is 9.94. The van der Waals surface area contributed by atoms with Crippen molar-refractivity contribution in [3.63, 3.8) is 0 Å². The molecule has 0 amide bonds. The highest BCUT2D eigenvalue weighted by atomic mass is 16.6. The predicted octanol–water partition coefficient (Wildman–Crippen LogP) is 2.84. The molecule has 7 heteroatoms. The molecule has 7 nitrogen and oxygen atoms in total. The van der Waals surface area contributed by atoms with Gasteiger partial charge in [-0.05, 0) is 17.7 Å². The molecule has 2 aromatic carbocycles. The largest absolute Gasteiger partial charge is 0.284 e. The Hall–Kier alpha value is -3.27. The van der Waals surface area contributed by atoms with Gasteiger partial charge >= 0.3 is 0 Å². The van der Waals surface area contributed by atoms with E-state index in [1.54, 1.807) is 6.07 Å². The number of rotatable bonds is 3. The fourth-order valence-electron chi connectivity index (χ4n) is 1.73. The Morgan fingerprint density at radius 2 is 1.85 bits per heavy atom. The molecule has 97 valence electrons. The lowest BCUT2D eigenvalue weighted by Crippen LogP contribution is -1.95. The van der Waals surface area contributed by atoms with Gasteiger partial charge in [0.05, 0.1) is 33.1 Å². The zero-order chi connectivity index (χ0) is 14.7. The maximum absolute atomic E-state index is 11.0. The first-order valence-electron chi connectivity index (χ1n) is 5.38. The lowest BCUT2D eigenvalue weighted by atomic mass is 10.0. The maximum atomic E-state index is 11.0. The van der Waals surface area contributed by atoms with Gasteiger partial charge in [-0.3, -0.25) is 20.2 Å². The quantitative estimate of drug-likeness (QED) is 0.627. The van der Waals surface area contributed by atoms with Crippen molar-refractivity contribution in [2.45, 2.75) is 0 Å². The monoisotopic (exact) mass is 268 g/mol. The summed E-state index contributed by atoms with van der Waals surface area (Å²) >= 11 is 0. The number of non-ortho nitro benzene ring substituents is 1. The molecule has 0 atom stereocenters. The van der Waals surface area contributed by atoms with Crippen molar-refractivity contribution >= 4 is 11.4 Å². The zero-order valence-corrected chi connectivity index (χ0v) is 9.94. The van der Waals surface area contributed by atoms with Crippen molar-refractivity contribution in [3.8, 4) is 17.2 Å². The van der Waals surface area contributed by atoms with Gasteiger partial charge in [-0.15, -0.1) is 0 Å². The average Bonchev–Trinajstić information content (AvgIpc) is 2.46. The summed E-state index contributed by atoms with van der Waals surface area (Å²) in [4.78, 5) is 20.3. The molecule has 0 spiro atoms.